The standard InChI is InChI=1S/C12H17ClN2O/c1-7(2)8(3)16-11-6-9(13)4-5-10(11)12(14)15/h4-8H,1-3H3,(H3,14,15). The molecule has 0 radical (unpaired) electrons. The van der Waals surface area contributed by atoms with Gasteiger partial charge in [-0.05, 0) is 31.0 Å². The maximum Gasteiger partial charge on any atom is 0.132 e. The Morgan fingerprint density at radius 3 is 2.50 bits per heavy atom. The third kappa shape index (κ3) is 3.14. The van der Waals surface area contributed by atoms with Gasteiger partial charge in [0.15, 0.2) is 0 Å². The topological polar surface area (TPSA) is 59.1 Å². The minimum absolute atomic E-state index is 0.0115. The van der Waals surface area contributed by atoms with E-state index in [1.807, 2.05) is 6.92 Å². The molecule has 4 heteroatoms. The molecule has 1 rings (SSSR count). The molecule has 1 aromatic carbocycles. The molecule has 0 spiro atoms. The SMILES string of the molecule is CC(C)C(C)Oc1cc(Cl)ccc1C(=N)N. The van der Waals surface area contributed by atoms with Crippen molar-refractivity contribution in [2.75, 3.05) is 0 Å². The monoisotopic (exact) mass is 240 g/mol. The van der Waals surface area contributed by atoms with Crippen molar-refractivity contribution in [3.8, 4) is 5.75 Å². The second-order valence-corrected chi connectivity index (χ2v) is 4.56. The number of benzene rings is 1. The third-order valence-electron chi connectivity index (χ3n) is 2.49. The van der Waals surface area contributed by atoms with E-state index in [0.717, 1.165) is 0 Å². The molecule has 0 aliphatic heterocycles. The summed E-state index contributed by atoms with van der Waals surface area (Å²) in [5.41, 5.74) is 6.06. The molecule has 16 heavy (non-hydrogen) atoms. The second-order valence-electron chi connectivity index (χ2n) is 4.12. The largest absolute Gasteiger partial charge is 0.490 e. The first-order valence-corrected chi connectivity index (χ1v) is 5.60. The van der Waals surface area contributed by atoms with Crippen molar-refractivity contribution < 1.29 is 4.74 Å². The van der Waals surface area contributed by atoms with Gasteiger partial charge in [-0.1, -0.05) is 25.4 Å². The van der Waals surface area contributed by atoms with Crippen LogP contribution in [0, 0.1) is 11.3 Å². The van der Waals surface area contributed by atoms with Crippen molar-refractivity contribution >= 4 is 17.4 Å². The zero-order valence-corrected chi connectivity index (χ0v) is 10.5. The number of rotatable bonds is 4. The molecule has 0 aliphatic rings. The molecule has 0 saturated heterocycles. The fraction of sp³-hybridized carbons (Fsp3) is 0.417. The molecule has 3 N–H and O–H groups in total. The van der Waals surface area contributed by atoms with Gasteiger partial charge in [-0.2, -0.15) is 0 Å². The number of ether oxygens (including phenoxy) is 1. The summed E-state index contributed by atoms with van der Waals surface area (Å²) in [6, 6.07) is 5.09. The maximum atomic E-state index is 7.45. The van der Waals surface area contributed by atoms with Crippen LogP contribution in [0.2, 0.25) is 5.02 Å². The summed E-state index contributed by atoms with van der Waals surface area (Å²) in [5.74, 6) is 0.947. The highest BCUT2D eigenvalue weighted by molar-refractivity contribution is 6.30. The van der Waals surface area contributed by atoms with Crippen molar-refractivity contribution in [3.63, 3.8) is 0 Å². The fourth-order valence-electron chi connectivity index (χ4n) is 1.15. The average molecular weight is 241 g/mol. The Balaban J connectivity index is 3.01. The Labute approximate surface area is 101 Å². The second kappa shape index (κ2) is 5.21. The van der Waals surface area contributed by atoms with E-state index < -0.39 is 0 Å². The van der Waals surface area contributed by atoms with Crippen LogP contribution in [0.4, 0.5) is 0 Å². The molecular weight excluding hydrogens is 224 g/mol. The number of hydrogen-bond donors (Lipinski definition) is 2. The molecule has 1 atom stereocenters. The molecule has 0 aromatic heterocycles. The molecule has 1 aromatic rings. The summed E-state index contributed by atoms with van der Waals surface area (Å²) in [6.45, 7) is 6.13. The zero-order chi connectivity index (χ0) is 12.3. The molecule has 0 bridgehead atoms. The number of amidine groups is 1. The zero-order valence-electron chi connectivity index (χ0n) is 9.75. The predicted molar refractivity (Wildman–Crippen MR) is 67.4 cm³/mol. The molecule has 0 aliphatic carbocycles. The quantitative estimate of drug-likeness (QED) is 0.628. The summed E-state index contributed by atoms with van der Waals surface area (Å²) in [4.78, 5) is 0. The number of nitrogen functional groups attached to an aromatic ring is 1. The summed E-state index contributed by atoms with van der Waals surface area (Å²) >= 11 is 5.89. The van der Waals surface area contributed by atoms with Crippen LogP contribution < -0.4 is 10.5 Å². The summed E-state index contributed by atoms with van der Waals surface area (Å²) < 4.78 is 5.74. The minimum Gasteiger partial charge on any atom is -0.490 e. The van der Waals surface area contributed by atoms with Crippen molar-refractivity contribution in [2.45, 2.75) is 26.9 Å². The van der Waals surface area contributed by atoms with Crippen LogP contribution >= 0.6 is 11.6 Å². The lowest BCUT2D eigenvalue weighted by Crippen LogP contribution is -2.21. The first-order valence-electron chi connectivity index (χ1n) is 5.22. The van der Waals surface area contributed by atoms with Gasteiger partial charge in [-0.15, -0.1) is 0 Å². The molecule has 0 fully saturated rings. The Morgan fingerprint density at radius 1 is 1.38 bits per heavy atom. The van der Waals surface area contributed by atoms with E-state index >= 15 is 0 Å². The summed E-state index contributed by atoms with van der Waals surface area (Å²) in [5, 5.41) is 8.03. The van der Waals surface area contributed by atoms with Gasteiger partial charge in [0, 0.05) is 5.02 Å². The Kier molecular flexibility index (Phi) is 4.19. The minimum atomic E-state index is -0.0115. The molecular formula is C12H17ClN2O. The van der Waals surface area contributed by atoms with Crippen LogP contribution in [-0.2, 0) is 0 Å². The normalized spacial score (nSPS) is 12.6. The molecule has 0 heterocycles. The van der Waals surface area contributed by atoms with Crippen LogP contribution in [0.15, 0.2) is 18.2 Å². The van der Waals surface area contributed by atoms with E-state index in [4.69, 9.17) is 27.5 Å². The molecule has 0 amide bonds. The van der Waals surface area contributed by atoms with Crippen LogP contribution in [-0.4, -0.2) is 11.9 Å². The van der Waals surface area contributed by atoms with Gasteiger partial charge >= 0.3 is 0 Å². The smallest absolute Gasteiger partial charge is 0.132 e. The highest BCUT2D eigenvalue weighted by atomic mass is 35.5. The fourth-order valence-corrected chi connectivity index (χ4v) is 1.31. The maximum absolute atomic E-state index is 7.45. The van der Waals surface area contributed by atoms with Crippen LogP contribution in [0.1, 0.15) is 26.3 Å². The third-order valence-corrected chi connectivity index (χ3v) is 2.72. The van der Waals surface area contributed by atoms with E-state index in [0.29, 0.717) is 22.3 Å². The van der Waals surface area contributed by atoms with Crippen molar-refractivity contribution in [3.05, 3.63) is 28.8 Å². The predicted octanol–water partition coefficient (Wildman–Crippen LogP) is 3.05. The Bertz CT molecular complexity index is 391. The van der Waals surface area contributed by atoms with E-state index in [1.54, 1.807) is 18.2 Å². The lowest BCUT2D eigenvalue weighted by molar-refractivity contribution is 0.170. The van der Waals surface area contributed by atoms with Crippen molar-refractivity contribution in [1.29, 1.82) is 5.41 Å². The van der Waals surface area contributed by atoms with E-state index in [9.17, 15) is 0 Å². The van der Waals surface area contributed by atoms with Gasteiger partial charge in [0.2, 0.25) is 0 Å². The van der Waals surface area contributed by atoms with Gasteiger partial charge in [-0.25, -0.2) is 0 Å². The van der Waals surface area contributed by atoms with Gasteiger partial charge in [0.05, 0.1) is 11.7 Å². The lowest BCUT2D eigenvalue weighted by atomic mass is 10.1. The molecule has 1 unspecified atom stereocenters. The lowest BCUT2D eigenvalue weighted by Gasteiger charge is -2.20. The van der Waals surface area contributed by atoms with Crippen LogP contribution in [0.5, 0.6) is 5.75 Å². The van der Waals surface area contributed by atoms with Gasteiger partial charge in [0.1, 0.15) is 11.6 Å². The van der Waals surface area contributed by atoms with Crippen LogP contribution in [0.25, 0.3) is 0 Å². The van der Waals surface area contributed by atoms with Gasteiger partial charge in [-0.3, -0.25) is 5.41 Å². The first kappa shape index (κ1) is 12.8. The molecule has 88 valence electrons. The van der Waals surface area contributed by atoms with Gasteiger partial charge < -0.3 is 10.5 Å². The highest BCUT2D eigenvalue weighted by Gasteiger charge is 2.13. The molecule has 3 nitrogen and oxygen atoms in total. The van der Waals surface area contributed by atoms with Gasteiger partial charge in [0.25, 0.3) is 0 Å². The number of hydrogen-bond acceptors (Lipinski definition) is 2. The number of nitrogens with two attached hydrogens (primary N) is 1. The highest BCUT2D eigenvalue weighted by Crippen LogP contribution is 2.25. The Morgan fingerprint density at radius 2 is 2.00 bits per heavy atom. The number of nitrogens with one attached hydrogen (secondary N) is 1. The Hall–Kier alpha value is -1.22. The van der Waals surface area contributed by atoms with Crippen molar-refractivity contribution in [2.24, 2.45) is 11.7 Å². The van der Waals surface area contributed by atoms with E-state index in [1.165, 1.54) is 0 Å². The van der Waals surface area contributed by atoms with Crippen LogP contribution in [0.3, 0.4) is 0 Å². The van der Waals surface area contributed by atoms with E-state index in [2.05, 4.69) is 13.8 Å². The first-order chi connectivity index (χ1) is 7.41. The van der Waals surface area contributed by atoms with Crippen molar-refractivity contribution in [1.82, 2.24) is 0 Å². The number of halogens is 1. The average Bonchev–Trinajstić information content (AvgIpc) is 2.16. The summed E-state index contributed by atoms with van der Waals surface area (Å²) in [7, 11) is 0. The van der Waals surface area contributed by atoms with E-state index in [-0.39, 0.29) is 11.9 Å². The summed E-state index contributed by atoms with van der Waals surface area (Å²) in [6.07, 6.45) is 0.0524. The molecule has 0 saturated carbocycles.